The van der Waals surface area contributed by atoms with Crippen LogP contribution in [0, 0.1) is 12.3 Å². The van der Waals surface area contributed by atoms with Crippen LogP contribution in [0.3, 0.4) is 0 Å². The van der Waals surface area contributed by atoms with Crippen LogP contribution in [0.15, 0.2) is 30.3 Å². The number of hydrogen-bond donors (Lipinski definition) is 3. The molecule has 2 rings (SSSR count). The van der Waals surface area contributed by atoms with Gasteiger partial charge in [0.05, 0.1) is 18.1 Å². The fourth-order valence-corrected chi connectivity index (χ4v) is 2.03. The number of rotatable bonds is 5. The first-order valence-electron chi connectivity index (χ1n) is 6.80. The van der Waals surface area contributed by atoms with Gasteiger partial charge in [-0.05, 0) is 26.3 Å². The number of aliphatic hydroxyl groups excluding tert-OH is 1. The number of carbonyl (C=O) groups excluding carboxylic acids is 1. The first-order chi connectivity index (χ1) is 9.91. The third-order valence-corrected chi connectivity index (χ3v) is 3.43. The molecule has 3 N–H and O–H groups in total. The van der Waals surface area contributed by atoms with Gasteiger partial charge in [0.2, 0.25) is 5.91 Å². The highest BCUT2D eigenvalue weighted by Crippen LogP contribution is 2.33. The number of nitrogens with one attached hydrogen (secondary N) is 2. The van der Waals surface area contributed by atoms with Gasteiger partial charge in [0.15, 0.2) is 5.82 Å². The predicted molar refractivity (Wildman–Crippen MR) is 78.1 cm³/mol. The Morgan fingerprint density at radius 3 is 2.62 bits per heavy atom. The highest BCUT2D eigenvalue weighted by Gasteiger charge is 2.36. The van der Waals surface area contributed by atoms with Gasteiger partial charge in [-0.3, -0.25) is 9.89 Å². The van der Waals surface area contributed by atoms with Crippen molar-refractivity contribution in [1.29, 1.82) is 0 Å². The Morgan fingerprint density at radius 2 is 2.05 bits per heavy atom. The molecule has 1 atom stereocenters. The Bertz CT molecular complexity index is 607. The molecule has 112 valence electrons. The summed E-state index contributed by atoms with van der Waals surface area (Å²) in [4.78, 5) is 16.4. The summed E-state index contributed by atoms with van der Waals surface area (Å²) in [5.74, 6) is 0.968. The molecule has 1 aromatic carbocycles. The van der Waals surface area contributed by atoms with Crippen LogP contribution in [0.25, 0.3) is 0 Å². The molecule has 21 heavy (non-hydrogen) atoms. The third kappa shape index (κ3) is 3.46. The van der Waals surface area contributed by atoms with Crippen molar-refractivity contribution in [2.75, 3.05) is 0 Å². The van der Waals surface area contributed by atoms with Gasteiger partial charge in [-0.15, -0.1) is 0 Å². The van der Waals surface area contributed by atoms with E-state index in [4.69, 9.17) is 0 Å². The van der Waals surface area contributed by atoms with Crippen LogP contribution < -0.4 is 5.32 Å². The minimum absolute atomic E-state index is 0.230. The molecule has 0 radical (unpaired) electrons. The first-order valence-corrected chi connectivity index (χ1v) is 6.80. The monoisotopic (exact) mass is 288 g/mol. The maximum absolute atomic E-state index is 12.3. The molecule has 0 fully saturated rings. The second-order valence-corrected chi connectivity index (χ2v) is 5.55. The van der Waals surface area contributed by atoms with Gasteiger partial charge < -0.3 is 10.4 Å². The lowest BCUT2D eigenvalue weighted by Crippen LogP contribution is -2.40. The van der Waals surface area contributed by atoms with Gasteiger partial charge in [-0.25, -0.2) is 4.98 Å². The molecular weight excluding hydrogens is 268 g/mol. The molecule has 2 aromatic rings. The van der Waals surface area contributed by atoms with Crippen molar-refractivity contribution < 1.29 is 9.90 Å². The molecule has 0 saturated heterocycles. The number of carbonyl (C=O) groups is 1. The van der Waals surface area contributed by atoms with E-state index >= 15 is 0 Å². The van der Waals surface area contributed by atoms with Crippen LogP contribution in [0.4, 0.5) is 0 Å². The smallest absolute Gasteiger partial charge is 0.229 e. The maximum Gasteiger partial charge on any atom is 0.229 e. The lowest BCUT2D eigenvalue weighted by molar-refractivity contribution is -0.135. The van der Waals surface area contributed by atoms with Gasteiger partial charge in [-0.1, -0.05) is 30.3 Å². The number of amides is 1. The molecule has 0 spiro atoms. The zero-order valence-electron chi connectivity index (χ0n) is 12.4. The van der Waals surface area contributed by atoms with Gasteiger partial charge >= 0.3 is 0 Å². The van der Waals surface area contributed by atoms with Crippen LogP contribution in [-0.2, 0) is 11.3 Å². The predicted octanol–water partition coefficient (Wildman–Crippen LogP) is 1.49. The fourth-order valence-electron chi connectivity index (χ4n) is 2.03. The zero-order chi connectivity index (χ0) is 15.5. The Balaban J connectivity index is 2.02. The van der Waals surface area contributed by atoms with Crippen molar-refractivity contribution in [3.63, 3.8) is 0 Å². The summed E-state index contributed by atoms with van der Waals surface area (Å²) in [6, 6.07) is 9.15. The number of H-pyrrole nitrogens is 1. The number of nitrogens with zero attached hydrogens (tertiary/aromatic N) is 2. The van der Waals surface area contributed by atoms with E-state index in [0.29, 0.717) is 17.2 Å². The quantitative estimate of drug-likeness (QED) is 0.777. The first kappa shape index (κ1) is 15.2. The van der Waals surface area contributed by atoms with Crippen molar-refractivity contribution >= 4 is 5.91 Å². The molecule has 0 saturated carbocycles. The molecule has 6 nitrogen and oxygen atoms in total. The van der Waals surface area contributed by atoms with Crippen molar-refractivity contribution in [2.24, 2.45) is 5.41 Å². The van der Waals surface area contributed by atoms with E-state index in [0.717, 1.165) is 0 Å². The molecular formula is C15H20N4O2. The topological polar surface area (TPSA) is 90.9 Å². The van der Waals surface area contributed by atoms with E-state index in [1.165, 1.54) is 0 Å². The Kier molecular flexibility index (Phi) is 4.37. The van der Waals surface area contributed by atoms with E-state index in [2.05, 4.69) is 20.5 Å². The van der Waals surface area contributed by atoms with Gasteiger partial charge in [0.25, 0.3) is 0 Å². The van der Waals surface area contributed by atoms with Crippen LogP contribution in [0.1, 0.15) is 37.2 Å². The highest BCUT2D eigenvalue weighted by molar-refractivity contribution is 5.82. The Morgan fingerprint density at radius 1 is 1.38 bits per heavy atom. The molecule has 0 aliphatic heterocycles. The van der Waals surface area contributed by atoms with E-state index in [-0.39, 0.29) is 12.5 Å². The summed E-state index contributed by atoms with van der Waals surface area (Å²) in [5, 5.41) is 19.9. The Hall–Kier alpha value is -2.21. The van der Waals surface area contributed by atoms with Crippen LogP contribution in [0.5, 0.6) is 0 Å². The van der Waals surface area contributed by atoms with E-state index in [9.17, 15) is 9.90 Å². The average Bonchev–Trinajstić information content (AvgIpc) is 2.90. The molecule has 6 heteroatoms. The summed E-state index contributed by atoms with van der Waals surface area (Å²) in [6.45, 7) is 5.45. The summed E-state index contributed by atoms with van der Waals surface area (Å²) < 4.78 is 0. The standard InChI is InChI=1S/C15H20N4O2/c1-10-17-12(19-18-10)9-16-14(21)15(2,3)13(20)11-7-5-4-6-8-11/h4-8,13,20H,9H2,1-3H3,(H,16,21)(H,17,18,19). The number of hydrogen-bond acceptors (Lipinski definition) is 4. The van der Waals surface area contributed by atoms with Gasteiger partial charge in [-0.2, -0.15) is 5.10 Å². The number of aromatic nitrogens is 3. The summed E-state index contributed by atoms with van der Waals surface area (Å²) in [7, 11) is 0. The van der Waals surface area contributed by atoms with E-state index < -0.39 is 11.5 Å². The molecule has 0 aliphatic rings. The highest BCUT2D eigenvalue weighted by atomic mass is 16.3. The van der Waals surface area contributed by atoms with Gasteiger partial charge in [0.1, 0.15) is 5.82 Å². The van der Waals surface area contributed by atoms with Crippen LogP contribution in [-0.4, -0.2) is 26.2 Å². The van der Waals surface area contributed by atoms with E-state index in [1.807, 2.05) is 18.2 Å². The number of aryl methyl sites for hydroxylation is 1. The van der Waals surface area contributed by atoms with Crippen LogP contribution >= 0.6 is 0 Å². The third-order valence-electron chi connectivity index (χ3n) is 3.43. The van der Waals surface area contributed by atoms with Crippen molar-refractivity contribution in [1.82, 2.24) is 20.5 Å². The number of benzene rings is 1. The molecule has 0 bridgehead atoms. The van der Waals surface area contributed by atoms with E-state index in [1.54, 1.807) is 32.9 Å². The molecule has 1 aromatic heterocycles. The largest absolute Gasteiger partial charge is 0.387 e. The minimum Gasteiger partial charge on any atom is -0.387 e. The van der Waals surface area contributed by atoms with Gasteiger partial charge in [0, 0.05) is 0 Å². The van der Waals surface area contributed by atoms with Crippen molar-refractivity contribution in [3.05, 3.63) is 47.5 Å². The molecule has 1 unspecified atom stereocenters. The SMILES string of the molecule is Cc1nc(CNC(=O)C(C)(C)C(O)c2ccccc2)n[nH]1. The Labute approximate surface area is 123 Å². The lowest BCUT2D eigenvalue weighted by Gasteiger charge is -2.29. The summed E-state index contributed by atoms with van der Waals surface area (Å²) in [6.07, 6.45) is -0.882. The lowest BCUT2D eigenvalue weighted by atomic mass is 9.81. The molecule has 1 amide bonds. The number of aromatic amines is 1. The average molecular weight is 288 g/mol. The summed E-state index contributed by atoms with van der Waals surface area (Å²) in [5.41, 5.74) is -0.237. The molecule has 1 heterocycles. The van der Waals surface area contributed by atoms with Crippen molar-refractivity contribution in [3.8, 4) is 0 Å². The second kappa shape index (κ2) is 6.05. The summed E-state index contributed by atoms with van der Waals surface area (Å²) >= 11 is 0. The fraction of sp³-hybridized carbons (Fsp3) is 0.400. The normalized spacial score (nSPS) is 13.0. The van der Waals surface area contributed by atoms with Crippen LogP contribution in [0.2, 0.25) is 0 Å². The minimum atomic E-state index is -0.952. The maximum atomic E-state index is 12.3. The zero-order valence-corrected chi connectivity index (χ0v) is 12.4. The number of aliphatic hydroxyl groups is 1. The second-order valence-electron chi connectivity index (χ2n) is 5.55. The molecule has 0 aliphatic carbocycles. The van der Waals surface area contributed by atoms with Crippen molar-refractivity contribution in [2.45, 2.75) is 33.4 Å².